The molecule has 2 amide bonds. The van der Waals surface area contributed by atoms with Crippen LogP contribution in [0, 0.1) is 5.82 Å². The number of likely N-dealkylation sites (tertiary alicyclic amines) is 1. The van der Waals surface area contributed by atoms with E-state index in [0.29, 0.717) is 30.5 Å². The first-order chi connectivity index (χ1) is 15.6. The summed E-state index contributed by atoms with van der Waals surface area (Å²) in [5.41, 5.74) is 1.66. The molecule has 3 aliphatic heterocycles. The van der Waals surface area contributed by atoms with E-state index in [2.05, 4.69) is 38.2 Å². The van der Waals surface area contributed by atoms with E-state index in [1.54, 1.807) is 12.4 Å². The molecule has 8 nitrogen and oxygen atoms in total. The molecule has 1 saturated heterocycles. The maximum Gasteiger partial charge on any atom is 0.317 e. The minimum atomic E-state index is -0.528. The number of nitrogens with one attached hydrogen (secondary N) is 4. The van der Waals surface area contributed by atoms with Crippen molar-refractivity contribution in [2.45, 2.75) is 51.2 Å². The highest BCUT2D eigenvalue weighted by molar-refractivity contribution is 6.31. The summed E-state index contributed by atoms with van der Waals surface area (Å²) in [5, 5.41) is 13.0. The topological polar surface area (TPSA) is 94.2 Å². The van der Waals surface area contributed by atoms with Crippen LogP contribution in [0.2, 0.25) is 0 Å². The average Bonchev–Trinajstić information content (AvgIpc) is 3.22. The van der Waals surface area contributed by atoms with Gasteiger partial charge < -0.3 is 26.2 Å². The number of amides is 2. The smallest absolute Gasteiger partial charge is 0.317 e. The molecular formula is C22H29ClFN7O. The molecule has 4 heterocycles. The number of piperidine rings is 1. The summed E-state index contributed by atoms with van der Waals surface area (Å²) in [5.74, 6) is 0.00341. The molecule has 10 heteroatoms. The first kappa shape index (κ1) is 22.4. The molecule has 0 saturated carbocycles. The predicted molar refractivity (Wildman–Crippen MR) is 123 cm³/mol. The minimum absolute atomic E-state index is 0.0193. The molecule has 4 N–H and O–H groups in total. The van der Waals surface area contributed by atoms with Crippen molar-refractivity contribution in [3.05, 3.63) is 46.9 Å². The van der Waals surface area contributed by atoms with E-state index in [1.165, 1.54) is 6.20 Å². The van der Waals surface area contributed by atoms with Crippen LogP contribution in [0.1, 0.15) is 44.9 Å². The molecule has 172 valence electrons. The lowest BCUT2D eigenvalue weighted by molar-refractivity contribution is 0.155. The van der Waals surface area contributed by atoms with Crippen LogP contribution in [0.15, 0.2) is 35.3 Å². The van der Waals surface area contributed by atoms with Crippen LogP contribution >= 0.6 is 11.6 Å². The van der Waals surface area contributed by atoms with E-state index in [4.69, 9.17) is 11.6 Å². The zero-order chi connectivity index (χ0) is 22.5. The number of unbranched alkanes of at least 4 members (excludes halogenated alkanes) is 1. The van der Waals surface area contributed by atoms with Crippen LogP contribution in [0.25, 0.3) is 5.57 Å². The van der Waals surface area contributed by atoms with Gasteiger partial charge in [0.05, 0.1) is 17.3 Å². The van der Waals surface area contributed by atoms with Crippen LogP contribution in [-0.4, -0.2) is 52.7 Å². The van der Waals surface area contributed by atoms with Crippen molar-refractivity contribution >= 4 is 29.0 Å². The summed E-state index contributed by atoms with van der Waals surface area (Å²) in [6.45, 7) is 3.89. The first-order valence-corrected chi connectivity index (χ1v) is 11.6. The van der Waals surface area contributed by atoms with Gasteiger partial charge in [-0.05, 0) is 31.8 Å². The number of dihydropyridines is 1. The molecule has 3 aliphatic rings. The molecule has 32 heavy (non-hydrogen) atoms. The van der Waals surface area contributed by atoms with Gasteiger partial charge in [0.2, 0.25) is 0 Å². The van der Waals surface area contributed by atoms with Gasteiger partial charge in [-0.15, -0.1) is 0 Å². The van der Waals surface area contributed by atoms with Gasteiger partial charge in [-0.3, -0.25) is 0 Å². The normalized spacial score (nSPS) is 22.1. The number of hydrogen-bond donors (Lipinski definition) is 4. The number of hydrogen-bond acceptors (Lipinski definition) is 6. The number of carbonyl (C=O) groups is 1. The van der Waals surface area contributed by atoms with Gasteiger partial charge >= 0.3 is 6.03 Å². The summed E-state index contributed by atoms with van der Waals surface area (Å²) >= 11 is 6.12. The number of aromatic nitrogens is 2. The van der Waals surface area contributed by atoms with Crippen molar-refractivity contribution in [1.29, 1.82) is 0 Å². The number of fused-ring (bicyclic) bond motifs is 1. The van der Waals surface area contributed by atoms with Crippen molar-refractivity contribution < 1.29 is 9.18 Å². The fraction of sp³-hybridized carbons (Fsp3) is 0.500. The van der Waals surface area contributed by atoms with Crippen LogP contribution in [0.4, 0.5) is 15.0 Å². The van der Waals surface area contributed by atoms with E-state index in [9.17, 15) is 9.18 Å². The number of carbonyl (C=O) groups excluding carboxylic acids is 1. The number of anilines is 1. The fourth-order valence-electron chi connectivity index (χ4n) is 4.13. The SMILES string of the molecule is CCCCNC(=O)N1CCCC[C@@H]1CNc1nc(C2=CNC3NC=C(Cl)C=C23)ncc1F. The summed E-state index contributed by atoms with van der Waals surface area (Å²) in [4.78, 5) is 23.1. The van der Waals surface area contributed by atoms with Crippen LogP contribution < -0.4 is 21.3 Å². The molecule has 2 atom stereocenters. The average molecular weight is 462 g/mol. The molecule has 0 radical (unpaired) electrons. The van der Waals surface area contributed by atoms with E-state index in [-0.39, 0.29) is 24.1 Å². The lowest BCUT2D eigenvalue weighted by atomic mass is 10.0. The first-order valence-electron chi connectivity index (χ1n) is 11.2. The van der Waals surface area contributed by atoms with Crippen molar-refractivity contribution in [3.63, 3.8) is 0 Å². The van der Waals surface area contributed by atoms with E-state index < -0.39 is 5.82 Å². The highest BCUT2D eigenvalue weighted by atomic mass is 35.5. The second kappa shape index (κ2) is 10.2. The highest BCUT2D eigenvalue weighted by Gasteiger charge is 2.29. The van der Waals surface area contributed by atoms with E-state index in [0.717, 1.165) is 43.3 Å². The third-order valence-corrected chi connectivity index (χ3v) is 6.10. The van der Waals surface area contributed by atoms with E-state index >= 15 is 0 Å². The van der Waals surface area contributed by atoms with Crippen molar-refractivity contribution in [3.8, 4) is 0 Å². The van der Waals surface area contributed by atoms with Crippen LogP contribution in [0.3, 0.4) is 0 Å². The molecular weight excluding hydrogens is 433 g/mol. The Labute approximate surface area is 192 Å². The zero-order valence-electron chi connectivity index (χ0n) is 18.1. The Kier molecular flexibility index (Phi) is 7.14. The largest absolute Gasteiger partial charge is 0.367 e. The number of halogens is 2. The van der Waals surface area contributed by atoms with Gasteiger partial charge in [0.25, 0.3) is 0 Å². The van der Waals surface area contributed by atoms with Gasteiger partial charge in [-0.25, -0.2) is 19.2 Å². The Hall–Kier alpha value is -2.81. The summed E-state index contributed by atoms with van der Waals surface area (Å²) in [6, 6.07) is -0.0715. The lowest BCUT2D eigenvalue weighted by Gasteiger charge is -2.36. The second-order valence-electron chi connectivity index (χ2n) is 8.15. The Morgan fingerprint density at radius 3 is 3.03 bits per heavy atom. The third kappa shape index (κ3) is 4.98. The second-order valence-corrected chi connectivity index (χ2v) is 8.59. The van der Waals surface area contributed by atoms with E-state index in [1.807, 2.05) is 11.0 Å². The molecule has 0 aliphatic carbocycles. The predicted octanol–water partition coefficient (Wildman–Crippen LogP) is 3.27. The molecule has 0 aromatic carbocycles. The minimum Gasteiger partial charge on any atom is -0.367 e. The highest BCUT2D eigenvalue weighted by Crippen LogP contribution is 2.31. The molecule has 1 aromatic heterocycles. The summed E-state index contributed by atoms with van der Waals surface area (Å²) < 4.78 is 14.5. The van der Waals surface area contributed by atoms with Gasteiger partial charge in [0.1, 0.15) is 6.17 Å². The summed E-state index contributed by atoms with van der Waals surface area (Å²) in [6.07, 6.45) is 11.3. The van der Waals surface area contributed by atoms with Crippen molar-refractivity contribution in [1.82, 2.24) is 30.8 Å². The zero-order valence-corrected chi connectivity index (χ0v) is 18.9. The quantitative estimate of drug-likeness (QED) is 0.466. The molecule has 4 rings (SSSR count). The molecule has 0 spiro atoms. The Morgan fingerprint density at radius 1 is 1.34 bits per heavy atom. The van der Waals surface area contributed by atoms with Crippen molar-refractivity contribution in [2.24, 2.45) is 0 Å². The Bertz CT molecular complexity index is 948. The molecule has 1 fully saturated rings. The molecule has 0 bridgehead atoms. The summed E-state index contributed by atoms with van der Waals surface area (Å²) in [7, 11) is 0. The van der Waals surface area contributed by atoms with Crippen LogP contribution in [0.5, 0.6) is 0 Å². The monoisotopic (exact) mass is 461 g/mol. The number of urea groups is 1. The Morgan fingerprint density at radius 2 is 2.19 bits per heavy atom. The standard InChI is InChI=1S/C22H29ClFN7O/c1-2-3-7-25-22(32)31-8-5-4-6-15(31)11-27-21-18(24)13-29-20(30-21)17-12-28-19-16(17)9-14(23)10-26-19/h9-10,12-13,15,19,26,28H,2-8,11H2,1H3,(H,25,32)(H,27,29,30)/t15-,19?/m1/s1. The lowest BCUT2D eigenvalue weighted by Crippen LogP contribution is -2.51. The third-order valence-electron chi connectivity index (χ3n) is 5.88. The maximum absolute atomic E-state index is 14.5. The molecule has 1 unspecified atom stereocenters. The van der Waals surface area contributed by atoms with Gasteiger partial charge in [-0.1, -0.05) is 24.9 Å². The van der Waals surface area contributed by atoms with Gasteiger partial charge in [0.15, 0.2) is 17.5 Å². The number of rotatable bonds is 7. The van der Waals surface area contributed by atoms with Crippen LogP contribution in [-0.2, 0) is 0 Å². The van der Waals surface area contributed by atoms with Gasteiger partial charge in [0, 0.05) is 43.2 Å². The maximum atomic E-state index is 14.5. The Balaban J connectivity index is 1.44. The number of nitrogens with zero attached hydrogens (tertiary/aromatic N) is 3. The fourth-order valence-corrected chi connectivity index (χ4v) is 4.31. The van der Waals surface area contributed by atoms with Gasteiger partial charge in [-0.2, -0.15) is 0 Å². The number of allylic oxidation sites excluding steroid dienone is 2. The molecule has 1 aromatic rings. The van der Waals surface area contributed by atoms with Crippen molar-refractivity contribution in [2.75, 3.05) is 25.0 Å².